The van der Waals surface area contributed by atoms with Crippen LogP contribution in [0.1, 0.15) is 27.0 Å². The highest BCUT2D eigenvalue weighted by Gasteiger charge is 2.18. The number of primary amides is 1. The number of carbonyl (C=O) groups excluding carboxylic acids is 2. The van der Waals surface area contributed by atoms with E-state index in [0.717, 1.165) is 31.0 Å². The SMILES string of the molecule is CN=C(NCc1ccc(C(=O)NCC(N)=O)cc1)N1CCc2ccccc2C1.I. The number of aliphatic imine (C=N–C) groups is 1. The Morgan fingerprint density at radius 3 is 2.41 bits per heavy atom. The number of nitrogens with zero attached hydrogens (tertiary/aromatic N) is 2. The summed E-state index contributed by atoms with van der Waals surface area (Å²) in [6, 6.07) is 15.7. The van der Waals surface area contributed by atoms with E-state index in [1.54, 1.807) is 19.2 Å². The van der Waals surface area contributed by atoms with Gasteiger partial charge in [0.25, 0.3) is 5.91 Å². The number of amides is 2. The fourth-order valence-electron chi connectivity index (χ4n) is 3.23. The molecule has 7 nitrogen and oxygen atoms in total. The van der Waals surface area contributed by atoms with Crippen LogP contribution in [0.3, 0.4) is 0 Å². The summed E-state index contributed by atoms with van der Waals surface area (Å²) in [5.74, 6) is -0.0280. The molecule has 1 aliphatic rings. The topological polar surface area (TPSA) is 99.8 Å². The molecule has 0 bridgehead atoms. The Balaban J connectivity index is 0.00000300. The fraction of sp³-hybridized carbons (Fsp3) is 0.286. The van der Waals surface area contributed by atoms with Crippen LogP contribution in [0.25, 0.3) is 0 Å². The molecule has 2 amide bonds. The summed E-state index contributed by atoms with van der Waals surface area (Å²) in [7, 11) is 1.79. The molecular formula is C21H26IN5O2. The lowest BCUT2D eigenvalue weighted by atomic mass is 10.0. The first-order chi connectivity index (χ1) is 13.6. The maximum Gasteiger partial charge on any atom is 0.251 e. The summed E-state index contributed by atoms with van der Waals surface area (Å²) in [4.78, 5) is 29.3. The number of benzene rings is 2. The van der Waals surface area contributed by atoms with Crippen molar-refractivity contribution in [1.82, 2.24) is 15.5 Å². The lowest BCUT2D eigenvalue weighted by molar-refractivity contribution is -0.117. The first-order valence-corrected chi connectivity index (χ1v) is 9.24. The Kier molecular flexibility index (Phi) is 8.44. The van der Waals surface area contributed by atoms with Crippen molar-refractivity contribution in [2.24, 2.45) is 10.7 Å². The smallest absolute Gasteiger partial charge is 0.251 e. The summed E-state index contributed by atoms with van der Waals surface area (Å²) in [6.07, 6.45) is 1.01. The van der Waals surface area contributed by atoms with Gasteiger partial charge in [-0.3, -0.25) is 14.6 Å². The molecule has 3 rings (SSSR count). The van der Waals surface area contributed by atoms with Crippen molar-refractivity contribution in [2.45, 2.75) is 19.5 Å². The van der Waals surface area contributed by atoms with Crippen molar-refractivity contribution < 1.29 is 9.59 Å². The quantitative estimate of drug-likeness (QED) is 0.326. The van der Waals surface area contributed by atoms with Crippen LogP contribution in [0.5, 0.6) is 0 Å². The summed E-state index contributed by atoms with van der Waals surface area (Å²) >= 11 is 0. The third kappa shape index (κ3) is 6.18. The molecule has 154 valence electrons. The van der Waals surface area contributed by atoms with E-state index in [9.17, 15) is 9.59 Å². The molecule has 0 unspecified atom stereocenters. The zero-order valence-corrected chi connectivity index (χ0v) is 18.7. The monoisotopic (exact) mass is 507 g/mol. The van der Waals surface area contributed by atoms with Crippen molar-refractivity contribution >= 4 is 41.8 Å². The van der Waals surface area contributed by atoms with Gasteiger partial charge in [-0.2, -0.15) is 0 Å². The van der Waals surface area contributed by atoms with Crippen molar-refractivity contribution in [2.75, 3.05) is 20.1 Å². The molecule has 0 aromatic heterocycles. The molecule has 1 aliphatic heterocycles. The number of hydrogen-bond donors (Lipinski definition) is 3. The van der Waals surface area contributed by atoms with Crippen molar-refractivity contribution in [1.29, 1.82) is 0 Å². The molecule has 0 atom stereocenters. The van der Waals surface area contributed by atoms with Crippen LogP contribution in [0.15, 0.2) is 53.5 Å². The number of nitrogens with one attached hydrogen (secondary N) is 2. The second kappa shape index (κ2) is 10.8. The molecule has 2 aromatic carbocycles. The van der Waals surface area contributed by atoms with Gasteiger partial charge in [0.05, 0.1) is 6.54 Å². The van der Waals surface area contributed by atoms with Gasteiger partial charge < -0.3 is 21.3 Å². The minimum Gasteiger partial charge on any atom is -0.368 e. The third-order valence-corrected chi connectivity index (χ3v) is 4.73. The minimum atomic E-state index is -0.569. The summed E-state index contributed by atoms with van der Waals surface area (Å²) in [5.41, 5.74) is 9.29. The Hall–Kier alpha value is -2.62. The number of rotatable bonds is 5. The Bertz CT molecular complexity index is 883. The van der Waals surface area contributed by atoms with Crippen LogP contribution >= 0.6 is 24.0 Å². The number of halogens is 1. The van der Waals surface area contributed by atoms with Crippen LogP contribution in [-0.4, -0.2) is 42.8 Å². The molecule has 0 saturated carbocycles. The number of hydrogen-bond acceptors (Lipinski definition) is 3. The second-order valence-electron chi connectivity index (χ2n) is 6.69. The van der Waals surface area contributed by atoms with Crippen LogP contribution in [-0.2, 0) is 24.3 Å². The van der Waals surface area contributed by atoms with Gasteiger partial charge in [0.15, 0.2) is 5.96 Å². The highest BCUT2D eigenvalue weighted by molar-refractivity contribution is 14.0. The fourth-order valence-corrected chi connectivity index (χ4v) is 3.23. The number of guanidine groups is 1. The van der Waals surface area contributed by atoms with E-state index >= 15 is 0 Å². The third-order valence-electron chi connectivity index (χ3n) is 4.73. The molecule has 0 fully saturated rings. The van der Waals surface area contributed by atoms with Crippen LogP contribution < -0.4 is 16.4 Å². The Labute approximate surface area is 187 Å². The first kappa shape index (κ1) is 22.7. The van der Waals surface area contributed by atoms with E-state index in [1.807, 2.05) is 12.1 Å². The zero-order chi connectivity index (χ0) is 19.9. The average molecular weight is 507 g/mol. The molecule has 0 saturated heterocycles. The normalized spacial score (nSPS) is 13.1. The van der Waals surface area contributed by atoms with Gasteiger partial charge in [-0.05, 0) is 35.2 Å². The van der Waals surface area contributed by atoms with E-state index < -0.39 is 5.91 Å². The molecule has 0 spiro atoms. The number of carbonyl (C=O) groups is 2. The van der Waals surface area contributed by atoms with E-state index in [-0.39, 0.29) is 36.4 Å². The van der Waals surface area contributed by atoms with Crippen molar-refractivity contribution in [3.05, 3.63) is 70.8 Å². The molecule has 2 aromatic rings. The van der Waals surface area contributed by atoms with E-state index in [4.69, 9.17) is 5.73 Å². The van der Waals surface area contributed by atoms with E-state index in [0.29, 0.717) is 12.1 Å². The van der Waals surface area contributed by atoms with Gasteiger partial charge in [0.1, 0.15) is 0 Å². The number of nitrogens with two attached hydrogens (primary N) is 1. The maximum atomic E-state index is 11.9. The van der Waals surface area contributed by atoms with Crippen molar-refractivity contribution in [3.63, 3.8) is 0 Å². The molecule has 8 heteroatoms. The zero-order valence-electron chi connectivity index (χ0n) is 16.4. The summed E-state index contributed by atoms with van der Waals surface area (Å²) < 4.78 is 0. The second-order valence-corrected chi connectivity index (χ2v) is 6.69. The lowest BCUT2D eigenvalue weighted by Gasteiger charge is -2.31. The Morgan fingerprint density at radius 1 is 1.07 bits per heavy atom. The predicted octanol–water partition coefficient (Wildman–Crippen LogP) is 1.65. The average Bonchev–Trinajstić information content (AvgIpc) is 2.72. The summed E-state index contributed by atoms with van der Waals surface area (Å²) in [5, 5.41) is 5.86. The van der Waals surface area contributed by atoms with Crippen LogP contribution in [0.4, 0.5) is 0 Å². The molecular weight excluding hydrogens is 481 g/mol. The molecule has 29 heavy (non-hydrogen) atoms. The van der Waals surface area contributed by atoms with Crippen molar-refractivity contribution in [3.8, 4) is 0 Å². The first-order valence-electron chi connectivity index (χ1n) is 9.24. The molecule has 0 radical (unpaired) electrons. The number of fused-ring (bicyclic) bond motifs is 1. The predicted molar refractivity (Wildman–Crippen MR) is 124 cm³/mol. The lowest BCUT2D eigenvalue weighted by Crippen LogP contribution is -2.43. The van der Waals surface area contributed by atoms with E-state index in [1.165, 1.54) is 11.1 Å². The van der Waals surface area contributed by atoms with Gasteiger partial charge in [-0.25, -0.2) is 0 Å². The minimum absolute atomic E-state index is 0. The largest absolute Gasteiger partial charge is 0.368 e. The van der Waals surface area contributed by atoms with Gasteiger partial charge >= 0.3 is 0 Å². The highest BCUT2D eigenvalue weighted by atomic mass is 127. The van der Waals surface area contributed by atoms with Gasteiger partial charge in [0, 0.05) is 32.2 Å². The Morgan fingerprint density at radius 2 is 1.76 bits per heavy atom. The molecule has 4 N–H and O–H groups in total. The highest BCUT2D eigenvalue weighted by Crippen LogP contribution is 2.18. The molecule has 0 aliphatic carbocycles. The summed E-state index contributed by atoms with van der Waals surface area (Å²) in [6.45, 7) is 2.20. The van der Waals surface area contributed by atoms with Crippen LogP contribution in [0, 0.1) is 0 Å². The van der Waals surface area contributed by atoms with E-state index in [2.05, 4.69) is 44.8 Å². The molecule has 1 heterocycles. The maximum absolute atomic E-state index is 11.9. The standard InChI is InChI=1S/C21H25N5O2.HI/c1-23-21(26-11-10-16-4-2-3-5-18(16)14-26)25-12-15-6-8-17(9-7-15)20(28)24-13-19(22)27;/h2-9H,10-14H2,1H3,(H2,22,27)(H,23,25)(H,24,28);1H. The van der Waals surface area contributed by atoms with Crippen LogP contribution in [0.2, 0.25) is 0 Å². The van der Waals surface area contributed by atoms with Gasteiger partial charge in [0.2, 0.25) is 5.91 Å². The van der Waals surface area contributed by atoms with Gasteiger partial charge in [-0.15, -0.1) is 24.0 Å². The van der Waals surface area contributed by atoms with Gasteiger partial charge in [-0.1, -0.05) is 36.4 Å².